The van der Waals surface area contributed by atoms with Crippen LogP contribution < -0.4 is 10.6 Å². The van der Waals surface area contributed by atoms with Gasteiger partial charge < -0.3 is 10.6 Å². The molecule has 1 fully saturated rings. The summed E-state index contributed by atoms with van der Waals surface area (Å²) in [5.74, 6) is 0. The van der Waals surface area contributed by atoms with Gasteiger partial charge in [0.15, 0.2) is 0 Å². The van der Waals surface area contributed by atoms with Gasteiger partial charge in [0.2, 0.25) is 0 Å². The first kappa shape index (κ1) is 15.1. The summed E-state index contributed by atoms with van der Waals surface area (Å²) >= 11 is 0. The first-order chi connectivity index (χ1) is 11.9. The van der Waals surface area contributed by atoms with Crippen molar-refractivity contribution in [3.63, 3.8) is 0 Å². The van der Waals surface area contributed by atoms with Gasteiger partial charge in [0.1, 0.15) is 0 Å². The Balaban J connectivity index is 1.67. The summed E-state index contributed by atoms with van der Waals surface area (Å²) in [5.41, 5.74) is 3.97. The van der Waals surface area contributed by atoms with Crippen molar-refractivity contribution in [1.29, 1.82) is 0 Å². The Morgan fingerprint density at radius 2 is 1.00 bits per heavy atom. The lowest BCUT2D eigenvalue weighted by Gasteiger charge is -2.39. The van der Waals surface area contributed by atoms with Gasteiger partial charge in [-0.15, -0.1) is 0 Å². The van der Waals surface area contributed by atoms with Gasteiger partial charge in [-0.3, -0.25) is 0 Å². The molecule has 24 heavy (non-hydrogen) atoms. The Morgan fingerprint density at radius 1 is 0.542 bits per heavy atom. The van der Waals surface area contributed by atoms with Crippen LogP contribution in [0.1, 0.15) is 34.8 Å². The van der Waals surface area contributed by atoms with Gasteiger partial charge in [0, 0.05) is 12.6 Å². The van der Waals surface area contributed by atoms with Crippen LogP contribution in [0.5, 0.6) is 0 Å². The summed E-state index contributed by atoms with van der Waals surface area (Å²) in [7, 11) is 0. The SMILES string of the molecule is c1ccc([C@@H]2CN[C@H](c3ccccc3)[C@@H](c3ccccc3)N2)cc1. The molecule has 2 heteroatoms. The van der Waals surface area contributed by atoms with Crippen molar-refractivity contribution in [1.82, 2.24) is 10.6 Å². The molecule has 0 amide bonds. The number of nitrogens with one attached hydrogen (secondary N) is 2. The predicted octanol–water partition coefficient (Wildman–Crippen LogP) is 4.40. The zero-order valence-electron chi connectivity index (χ0n) is 13.6. The second-order valence-electron chi connectivity index (χ2n) is 6.31. The third-order valence-corrected chi connectivity index (χ3v) is 4.78. The van der Waals surface area contributed by atoms with Crippen LogP contribution in [0.2, 0.25) is 0 Å². The van der Waals surface area contributed by atoms with Crippen molar-refractivity contribution in [3.05, 3.63) is 108 Å². The highest BCUT2D eigenvalue weighted by Gasteiger charge is 2.32. The molecule has 120 valence electrons. The second kappa shape index (κ2) is 7.00. The van der Waals surface area contributed by atoms with Gasteiger partial charge in [-0.2, -0.15) is 0 Å². The van der Waals surface area contributed by atoms with Gasteiger partial charge >= 0.3 is 0 Å². The second-order valence-corrected chi connectivity index (χ2v) is 6.31. The van der Waals surface area contributed by atoms with Gasteiger partial charge in [-0.25, -0.2) is 0 Å². The predicted molar refractivity (Wildman–Crippen MR) is 98.7 cm³/mol. The average molecular weight is 314 g/mol. The monoisotopic (exact) mass is 314 g/mol. The van der Waals surface area contributed by atoms with Gasteiger partial charge in [0.25, 0.3) is 0 Å². The zero-order chi connectivity index (χ0) is 16.2. The fourth-order valence-corrected chi connectivity index (χ4v) is 3.55. The minimum absolute atomic E-state index is 0.243. The molecule has 3 aromatic rings. The standard InChI is InChI=1S/C22H22N2/c1-4-10-17(11-5-1)20-16-23-21(18-12-6-2-7-13-18)22(24-20)19-14-8-3-9-15-19/h1-15,20-24H,16H2/t20-,21+,22+/m0/s1. The smallest absolute Gasteiger partial charge is 0.0523 e. The number of benzene rings is 3. The molecule has 0 aromatic heterocycles. The van der Waals surface area contributed by atoms with Crippen molar-refractivity contribution in [2.24, 2.45) is 0 Å². The molecule has 0 radical (unpaired) electrons. The zero-order valence-corrected chi connectivity index (χ0v) is 13.6. The molecule has 3 aromatic carbocycles. The van der Waals surface area contributed by atoms with E-state index in [1.165, 1.54) is 16.7 Å². The molecule has 0 aliphatic carbocycles. The quantitative estimate of drug-likeness (QED) is 0.748. The van der Waals surface area contributed by atoms with E-state index < -0.39 is 0 Å². The number of hydrogen-bond donors (Lipinski definition) is 2. The number of hydrogen-bond acceptors (Lipinski definition) is 2. The topological polar surface area (TPSA) is 24.1 Å². The lowest BCUT2D eigenvalue weighted by atomic mass is 9.89. The Bertz CT molecular complexity index is 756. The van der Waals surface area contributed by atoms with Crippen LogP contribution in [0, 0.1) is 0 Å². The van der Waals surface area contributed by atoms with Gasteiger partial charge in [-0.05, 0) is 16.7 Å². The van der Waals surface area contributed by atoms with E-state index in [1.807, 2.05) is 0 Å². The van der Waals surface area contributed by atoms with Crippen LogP contribution in [0.3, 0.4) is 0 Å². The molecule has 0 saturated carbocycles. The molecule has 3 atom stereocenters. The van der Waals surface area contributed by atoms with E-state index in [4.69, 9.17) is 0 Å². The van der Waals surface area contributed by atoms with Crippen LogP contribution in [0.25, 0.3) is 0 Å². The highest BCUT2D eigenvalue weighted by Crippen LogP contribution is 2.34. The van der Waals surface area contributed by atoms with E-state index in [0.717, 1.165) is 6.54 Å². The minimum atomic E-state index is 0.243. The van der Waals surface area contributed by atoms with Crippen LogP contribution >= 0.6 is 0 Å². The molecule has 2 nitrogen and oxygen atoms in total. The van der Waals surface area contributed by atoms with Crippen LogP contribution in [0.4, 0.5) is 0 Å². The Kier molecular flexibility index (Phi) is 4.41. The molecule has 1 saturated heterocycles. The van der Waals surface area contributed by atoms with E-state index in [2.05, 4.69) is 102 Å². The largest absolute Gasteiger partial charge is 0.306 e. The van der Waals surface area contributed by atoms with Crippen molar-refractivity contribution < 1.29 is 0 Å². The fraction of sp³-hybridized carbons (Fsp3) is 0.182. The maximum Gasteiger partial charge on any atom is 0.0523 e. The average Bonchev–Trinajstić information content (AvgIpc) is 2.69. The normalized spacial score (nSPS) is 23.8. The Morgan fingerprint density at radius 3 is 1.54 bits per heavy atom. The molecule has 0 spiro atoms. The minimum Gasteiger partial charge on any atom is -0.306 e. The summed E-state index contributed by atoms with van der Waals surface area (Å²) < 4.78 is 0. The van der Waals surface area contributed by atoms with E-state index >= 15 is 0 Å². The molecule has 2 N–H and O–H groups in total. The maximum absolute atomic E-state index is 3.87. The Labute approximate surface area is 143 Å². The summed E-state index contributed by atoms with van der Waals surface area (Å²) in [6.07, 6.45) is 0. The van der Waals surface area contributed by atoms with Crippen molar-refractivity contribution in [2.75, 3.05) is 6.54 Å². The lowest BCUT2D eigenvalue weighted by molar-refractivity contribution is 0.275. The molecule has 1 aliphatic heterocycles. The number of rotatable bonds is 3. The van der Waals surface area contributed by atoms with Crippen molar-refractivity contribution in [2.45, 2.75) is 18.1 Å². The fourth-order valence-electron chi connectivity index (χ4n) is 3.55. The molecule has 1 aliphatic rings. The van der Waals surface area contributed by atoms with Crippen molar-refractivity contribution >= 4 is 0 Å². The van der Waals surface area contributed by atoms with E-state index in [1.54, 1.807) is 0 Å². The maximum atomic E-state index is 3.87. The molecular formula is C22H22N2. The van der Waals surface area contributed by atoms with Crippen LogP contribution in [-0.4, -0.2) is 6.54 Å². The van der Waals surface area contributed by atoms with E-state index in [0.29, 0.717) is 6.04 Å². The molecule has 1 heterocycles. The van der Waals surface area contributed by atoms with Crippen LogP contribution in [-0.2, 0) is 0 Å². The van der Waals surface area contributed by atoms with Gasteiger partial charge in [-0.1, -0.05) is 91.0 Å². The number of piperazine rings is 1. The summed E-state index contributed by atoms with van der Waals surface area (Å²) in [6, 6.07) is 33.0. The first-order valence-corrected chi connectivity index (χ1v) is 8.56. The summed E-state index contributed by atoms with van der Waals surface area (Å²) in [4.78, 5) is 0. The Hall–Kier alpha value is -2.42. The van der Waals surface area contributed by atoms with Crippen molar-refractivity contribution in [3.8, 4) is 0 Å². The first-order valence-electron chi connectivity index (χ1n) is 8.56. The molecule has 4 rings (SSSR count). The highest BCUT2D eigenvalue weighted by atomic mass is 15.1. The van der Waals surface area contributed by atoms with Crippen LogP contribution in [0.15, 0.2) is 91.0 Å². The van der Waals surface area contributed by atoms with Gasteiger partial charge in [0.05, 0.1) is 12.1 Å². The molecule has 0 bridgehead atoms. The van der Waals surface area contributed by atoms with E-state index in [9.17, 15) is 0 Å². The molecule has 0 unspecified atom stereocenters. The molecular weight excluding hydrogens is 292 g/mol. The highest BCUT2D eigenvalue weighted by molar-refractivity contribution is 5.30. The van der Waals surface area contributed by atoms with E-state index in [-0.39, 0.29) is 12.1 Å². The third kappa shape index (κ3) is 3.12. The lowest BCUT2D eigenvalue weighted by Crippen LogP contribution is -2.47. The summed E-state index contributed by atoms with van der Waals surface area (Å²) in [6.45, 7) is 0.924. The third-order valence-electron chi connectivity index (χ3n) is 4.78. The summed E-state index contributed by atoms with van der Waals surface area (Å²) in [5, 5.41) is 7.64.